The van der Waals surface area contributed by atoms with Crippen LogP contribution in [0, 0.1) is 18.3 Å². The molecule has 0 unspecified atom stereocenters. The zero-order chi connectivity index (χ0) is 41.2. The van der Waals surface area contributed by atoms with Crippen molar-refractivity contribution in [2.45, 2.75) is 58.0 Å². The molecule has 1 aliphatic carbocycles. The summed E-state index contributed by atoms with van der Waals surface area (Å²) in [7, 11) is 2.93. The number of hydrogen-bond acceptors (Lipinski definition) is 8. The maximum atomic E-state index is 14.0. The highest BCUT2D eigenvalue weighted by molar-refractivity contribution is 6.07. The van der Waals surface area contributed by atoms with Crippen molar-refractivity contribution in [3.05, 3.63) is 120 Å². The summed E-state index contributed by atoms with van der Waals surface area (Å²) in [5.41, 5.74) is 8.93. The number of aromatic amines is 2. The first-order valence-corrected chi connectivity index (χ1v) is 20.3. The minimum absolute atomic E-state index is 0.107. The molecule has 3 aliphatic rings. The molecule has 1 radical (unpaired) electrons. The molecule has 3 aromatic heterocycles. The van der Waals surface area contributed by atoms with Crippen LogP contribution in [0.4, 0.5) is 4.79 Å². The van der Waals surface area contributed by atoms with Gasteiger partial charge in [-0.1, -0.05) is 62.4 Å². The summed E-state index contributed by atoms with van der Waals surface area (Å²) in [6, 6.07) is 25.3. The second-order valence-corrected chi connectivity index (χ2v) is 16.3. The Kier molecular flexibility index (Phi) is 9.27. The number of rotatable bonds is 10. The van der Waals surface area contributed by atoms with Crippen molar-refractivity contribution < 1.29 is 28.6 Å². The van der Waals surface area contributed by atoms with E-state index in [0.717, 1.165) is 85.3 Å². The molecule has 4 aromatic carbocycles. The van der Waals surface area contributed by atoms with Crippen molar-refractivity contribution >= 4 is 39.7 Å². The van der Waals surface area contributed by atoms with Crippen LogP contribution >= 0.6 is 0 Å². The third kappa shape index (κ3) is 6.58. The smallest absolute Gasteiger partial charge is 0.407 e. The Balaban J connectivity index is 0.925. The number of imidazole rings is 2. The predicted octanol–water partition coefficient (Wildman–Crippen LogP) is 8.22. The molecule has 4 atom stereocenters. The third-order valence-electron chi connectivity index (χ3n) is 12.1. The van der Waals surface area contributed by atoms with Crippen LogP contribution in [0.15, 0.2) is 91.3 Å². The summed E-state index contributed by atoms with van der Waals surface area (Å²) in [5.74, 6) is 2.12. The molecule has 7 aromatic rings. The molecule has 2 aliphatic heterocycles. The van der Waals surface area contributed by atoms with E-state index in [9.17, 15) is 14.4 Å². The van der Waals surface area contributed by atoms with Crippen LogP contribution in [0.5, 0.6) is 5.75 Å². The van der Waals surface area contributed by atoms with Gasteiger partial charge in [-0.05, 0) is 88.2 Å². The summed E-state index contributed by atoms with van der Waals surface area (Å²) < 4.78 is 18.3. The van der Waals surface area contributed by atoms with Gasteiger partial charge in [-0.3, -0.25) is 14.2 Å². The van der Waals surface area contributed by atoms with Crippen LogP contribution in [-0.4, -0.2) is 73.6 Å². The Hall–Kier alpha value is -6.73. The van der Waals surface area contributed by atoms with E-state index in [4.69, 9.17) is 24.2 Å². The molecule has 5 heterocycles. The standard InChI is InChI=1S/C47H44N7O6/c1-25(2)42(52-47(57)59-4)46(56)54-37-18-30(37)19-39(54)45-49-35-13-11-28-17-34-32-12-10-29(16-31(32)24-60-40(34)20-33(28)43(35)51-45)36-21-48-44(50-36)38-14-27(23-58-3)22-53(38)41(55)15-26-8-6-5-7-9-26/h5-17,20-22,25,30,37,39,42H,18-19,23-24H2,1-4H3,(H,48,50)(H,49,51)(H,52,57)/t30-,37-,39+,42+/m1/s1. The quantitative estimate of drug-likeness (QED) is 0.125. The molecule has 0 bridgehead atoms. The number of hydrogen-bond donors (Lipinski definition) is 3. The topological polar surface area (TPSA) is 156 Å². The number of H-pyrrole nitrogens is 2. The number of aromatic nitrogens is 5. The molecular weight excluding hydrogens is 759 g/mol. The summed E-state index contributed by atoms with van der Waals surface area (Å²) >= 11 is 0. The first kappa shape index (κ1) is 37.5. The molecule has 13 heteroatoms. The van der Waals surface area contributed by atoms with Gasteiger partial charge in [0.15, 0.2) is 5.82 Å². The number of benzene rings is 4. The largest absolute Gasteiger partial charge is 0.488 e. The van der Waals surface area contributed by atoms with Gasteiger partial charge in [-0.25, -0.2) is 14.8 Å². The van der Waals surface area contributed by atoms with Gasteiger partial charge in [0.2, 0.25) is 11.8 Å². The van der Waals surface area contributed by atoms with Crippen molar-refractivity contribution in [2.75, 3.05) is 14.2 Å². The first-order valence-electron chi connectivity index (χ1n) is 20.3. The Bertz CT molecular complexity index is 2820. The number of likely N-dealkylation sites (tertiary alicyclic amines) is 1. The number of nitrogens with one attached hydrogen (secondary N) is 3. The lowest BCUT2D eigenvalue weighted by Crippen LogP contribution is -2.52. The van der Waals surface area contributed by atoms with Crippen LogP contribution in [-0.2, 0) is 27.5 Å². The van der Waals surface area contributed by atoms with Crippen molar-refractivity contribution in [3.8, 4) is 39.7 Å². The number of methoxy groups -OCH3 is 2. The Morgan fingerprint density at radius 3 is 2.63 bits per heavy atom. The fourth-order valence-electron chi connectivity index (χ4n) is 9.00. The van der Waals surface area contributed by atoms with Gasteiger partial charge >= 0.3 is 6.09 Å². The predicted molar refractivity (Wildman–Crippen MR) is 226 cm³/mol. The van der Waals surface area contributed by atoms with E-state index in [2.05, 4.69) is 51.7 Å². The Labute approximate surface area is 346 Å². The second-order valence-electron chi connectivity index (χ2n) is 16.3. The van der Waals surface area contributed by atoms with Gasteiger partial charge in [0.1, 0.15) is 24.2 Å². The maximum Gasteiger partial charge on any atom is 0.407 e. The Morgan fingerprint density at radius 1 is 0.983 bits per heavy atom. The van der Waals surface area contributed by atoms with Gasteiger partial charge in [0, 0.05) is 30.3 Å². The van der Waals surface area contributed by atoms with Crippen LogP contribution in [0.3, 0.4) is 0 Å². The number of carbonyl (C=O) groups excluding carboxylic acids is 3. The van der Waals surface area contributed by atoms with Gasteiger partial charge in [0.05, 0.1) is 54.8 Å². The van der Waals surface area contributed by atoms with E-state index < -0.39 is 12.1 Å². The molecule has 2 fully saturated rings. The summed E-state index contributed by atoms with van der Waals surface area (Å²) in [6.45, 7) is 4.60. The van der Waals surface area contributed by atoms with Gasteiger partial charge < -0.3 is 34.4 Å². The van der Waals surface area contributed by atoms with Crippen molar-refractivity contribution in [3.63, 3.8) is 0 Å². The molecule has 2 amide bonds. The number of alkyl carbamates (subject to hydrolysis) is 1. The normalized spacial score (nSPS) is 18.2. The number of fused-ring (bicyclic) bond motifs is 7. The summed E-state index contributed by atoms with van der Waals surface area (Å²) in [6.07, 6.45) is 6.36. The van der Waals surface area contributed by atoms with Crippen molar-refractivity contribution in [1.29, 1.82) is 0 Å². The van der Waals surface area contributed by atoms with Crippen molar-refractivity contribution in [1.82, 2.24) is 34.7 Å². The highest BCUT2D eigenvalue weighted by Crippen LogP contribution is 2.54. The molecule has 303 valence electrons. The second kappa shape index (κ2) is 14.8. The number of amides is 2. The zero-order valence-corrected chi connectivity index (χ0v) is 33.7. The monoisotopic (exact) mass is 802 g/mol. The number of ether oxygens (including phenoxy) is 3. The van der Waals surface area contributed by atoms with E-state index >= 15 is 0 Å². The lowest BCUT2D eigenvalue weighted by molar-refractivity contribution is -0.136. The lowest BCUT2D eigenvalue weighted by atomic mass is 9.92. The number of nitrogens with zero attached hydrogens (tertiary/aromatic N) is 4. The summed E-state index contributed by atoms with van der Waals surface area (Å²) in [5, 5.41) is 4.78. The van der Waals surface area contributed by atoms with Gasteiger partial charge in [0.25, 0.3) is 0 Å². The van der Waals surface area contributed by atoms with Crippen LogP contribution < -0.4 is 10.1 Å². The van der Waals surface area contributed by atoms with Gasteiger partial charge in [-0.2, -0.15) is 0 Å². The number of piperidine rings is 1. The maximum absolute atomic E-state index is 14.0. The van der Waals surface area contributed by atoms with E-state index in [1.165, 1.54) is 7.11 Å². The highest BCUT2D eigenvalue weighted by Gasteiger charge is 2.56. The Morgan fingerprint density at radius 2 is 1.83 bits per heavy atom. The van der Waals surface area contributed by atoms with Crippen LogP contribution in [0.25, 0.3) is 55.7 Å². The SMILES string of the molecule is COCc1cc(-c2ncc(-c3ccc4c(c3)COc3cc5c(ccc6nc([C@@H]7C[C@H]8C[C@H]8N7C(=O)[C@@H](NC(=O)OC)C(C)C)[nH]c65)cc3-4)[nH]2)n(C(=O)[CH]c2ccccc2)c1. The fraction of sp³-hybridized carbons (Fsp3) is 0.277. The molecule has 60 heavy (non-hydrogen) atoms. The van der Waals surface area contributed by atoms with Crippen LogP contribution in [0.2, 0.25) is 0 Å². The highest BCUT2D eigenvalue weighted by atomic mass is 16.5. The van der Waals surface area contributed by atoms with Crippen molar-refractivity contribution in [2.24, 2.45) is 11.8 Å². The van der Waals surface area contributed by atoms with E-state index in [0.29, 0.717) is 30.7 Å². The number of carbonyl (C=O) groups is 3. The first-order chi connectivity index (χ1) is 29.2. The average Bonchev–Trinajstić information content (AvgIpc) is 3.72. The van der Waals surface area contributed by atoms with E-state index in [1.807, 2.05) is 61.2 Å². The summed E-state index contributed by atoms with van der Waals surface area (Å²) in [4.78, 5) is 58.3. The van der Waals surface area contributed by atoms with Crippen LogP contribution in [0.1, 0.15) is 60.0 Å². The van der Waals surface area contributed by atoms with Gasteiger partial charge in [-0.15, -0.1) is 0 Å². The lowest BCUT2D eigenvalue weighted by Gasteiger charge is -2.31. The molecule has 0 spiro atoms. The molecule has 3 N–H and O–H groups in total. The third-order valence-corrected chi connectivity index (χ3v) is 12.1. The fourth-order valence-corrected chi connectivity index (χ4v) is 9.00. The van der Waals surface area contributed by atoms with E-state index in [-0.39, 0.29) is 29.8 Å². The molecule has 13 nitrogen and oxygen atoms in total. The molecule has 1 saturated heterocycles. The molecule has 10 rings (SSSR count). The zero-order valence-electron chi connectivity index (χ0n) is 33.7. The minimum atomic E-state index is -0.696. The molecule has 1 saturated carbocycles. The molecular formula is C47H44N7O6. The van der Waals surface area contributed by atoms with E-state index in [1.54, 1.807) is 30.5 Å². The minimum Gasteiger partial charge on any atom is -0.488 e. The average molecular weight is 803 g/mol.